The Labute approximate surface area is 145 Å². The van der Waals surface area contributed by atoms with Gasteiger partial charge in [-0.05, 0) is 25.0 Å². The number of hydrogen-bond acceptors (Lipinski definition) is 5. The Hall–Kier alpha value is -1.86. The van der Waals surface area contributed by atoms with Crippen molar-refractivity contribution in [1.82, 2.24) is 20.5 Å². The first-order valence-corrected chi connectivity index (χ1v) is 9.57. The molecule has 1 aromatic carbocycles. The molecule has 7 heteroatoms. The summed E-state index contributed by atoms with van der Waals surface area (Å²) in [5.74, 6) is 4.38. The van der Waals surface area contributed by atoms with Crippen molar-refractivity contribution < 1.29 is 4.79 Å². The fourth-order valence-electron chi connectivity index (χ4n) is 2.87. The molecule has 3 N–H and O–H groups in total. The molecule has 4 rings (SSSR count). The molecule has 1 aromatic heterocycles. The summed E-state index contributed by atoms with van der Waals surface area (Å²) in [6, 6.07) is 7.99. The van der Waals surface area contributed by atoms with Gasteiger partial charge in [0.2, 0.25) is 5.91 Å². The Morgan fingerprint density at radius 2 is 2.29 bits per heavy atom. The zero-order valence-corrected chi connectivity index (χ0v) is 14.2. The lowest BCUT2D eigenvalue weighted by molar-refractivity contribution is -0.116. The van der Waals surface area contributed by atoms with E-state index in [0.717, 1.165) is 35.1 Å². The molecule has 1 aliphatic carbocycles. The number of carbonyl (C=O) groups excluding carboxylic acids is 1. The largest absolute Gasteiger partial charge is 0.326 e. The summed E-state index contributed by atoms with van der Waals surface area (Å²) in [7, 11) is 0. The second-order valence-electron chi connectivity index (χ2n) is 6.38. The van der Waals surface area contributed by atoms with Crippen LogP contribution in [-0.4, -0.2) is 45.2 Å². The summed E-state index contributed by atoms with van der Waals surface area (Å²) < 4.78 is 0. The molecule has 24 heavy (non-hydrogen) atoms. The average molecular weight is 343 g/mol. The molecule has 0 bridgehead atoms. The van der Waals surface area contributed by atoms with Crippen LogP contribution in [0.25, 0.3) is 11.4 Å². The van der Waals surface area contributed by atoms with Gasteiger partial charge in [-0.3, -0.25) is 9.89 Å². The number of aromatic nitrogens is 3. The molecular weight excluding hydrogens is 322 g/mol. The molecule has 1 saturated carbocycles. The first-order valence-electron chi connectivity index (χ1n) is 8.41. The van der Waals surface area contributed by atoms with E-state index in [9.17, 15) is 4.79 Å². The van der Waals surface area contributed by atoms with Crippen LogP contribution in [0.4, 0.5) is 5.69 Å². The molecule has 1 saturated heterocycles. The number of benzene rings is 1. The maximum atomic E-state index is 12.2. The summed E-state index contributed by atoms with van der Waals surface area (Å²) in [5, 5.41) is 13.7. The van der Waals surface area contributed by atoms with Gasteiger partial charge in [-0.15, -0.1) is 0 Å². The predicted molar refractivity (Wildman–Crippen MR) is 96.2 cm³/mol. The van der Waals surface area contributed by atoms with Crippen LogP contribution < -0.4 is 10.6 Å². The highest BCUT2D eigenvalue weighted by atomic mass is 32.2. The van der Waals surface area contributed by atoms with Crippen LogP contribution in [0.3, 0.4) is 0 Å². The van der Waals surface area contributed by atoms with Crippen LogP contribution >= 0.6 is 11.8 Å². The number of thioether (sulfide) groups is 1. The molecule has 2 aromatic rings. The fourth-order valence-corrected chi connectivity index (χ4v) is 3.81. The molecule has 1 amide bonds. The smallest absolute Gasteiger partial charge is 0.225 e. The van der Waals surface area contributed by atoms with E-state index in [1.807, 2.05) is 36.0 Å². The van der Waals surface area contributed by atoms with E-state index in [4.69, 9.17) is 0 Å². The zero-order valence-electron chi connectivity index (χ0n) is 13.4. The van der Waals surface area contributed by atoms with E-state index in [1.54, 1.807) is 0 Å². The van der Waals surface area contributed by atoms with E-state index in [0.29, 0.717) is 18.2 Å². The molecule has 2 fully saturated rings. The number of nitrogens with zero attached hydrogens (tertiary/aromatic N) is 2. The maximum Gasteiger partial charge on any atom is 0.225 e. The Kier molecular flexibility index (Phi) is 4.53. The quantitative estimate of drug-likeness (QED) is 0.776. The highest BCUT2D eigenvalue weighted by molar-refractivity contribution is 7.99. The third-order valence-electron chi connectivity index (χ3n) is 4.30. The Morgan fingerprint density at radius 3 is 3.08 bits per heavy atom. The number of amides is 1. The van der Waals surface area contributed by atoms with Crippen LogP contribution in [0.2, 0.25) is 0 Å². The minimum atomic E-state index is 0.0424. The van der Waals surface area contributed by atoms with Crippen molar-refractivity contribution in [1.29, 1.82) is 0 Å². The fraction of sp³-hybridized carbons (Fsp3) is 0.471. The highest BCUT2D eigenvalue weighted by Gasteiger charge is 2.27. The Bertz CT molecular complexity index is 721. The third-order valence-corrected chi connectivity index (χ3v) is 5.43. The van der Waals surface area contributed by atoms with Crippen LogP contribution in [0.5, 0.6) is 0 Å². The van der Waals surface area contributed by atoms with E-state index in [-0.39, 0.29) is 11.9 Å². The lowest BCUT2D eigenvalue weighted by atomic mass is 10.1. The number of carbonyl (C=O) groups is 1. The summed E-state index contributed by atoms with van der Waals surface area (Å²) >= 11 is 1.90. The van der Waals surface area contributed by atoms with Crippen LogP contribution in [0, 0.1) is 0 Å². The molecule has 1 atom stereocenters. The van der Waals surface area contributed by atoms with Gasteiger partial charge >= 0.3 is 0 Å². The lowest BCUT2D eigenvalue weighted by Gasteiger charge is -2.22. The van der Waals surface area contributed by atoms with Gasteiger partial charge in [0.05, 0.1) is 0 Å². The van der Waals surface area contributed by atoms with Crippen molar-refractivity contribution in [2.45, 2.75) is 31.2 Å². The highest BCUT2D eigenvalue weighted by Crippen LogP contribution is 2.38. The van der Waals surface area contributed by atoms with E-state index in [1.165, 1.54) is 12.8 Å². The number of hydrogen-bond donors (Lipinski definition) is 3. The van der Waals surface area contributed by atoms with Crippen LogP contribution in [-0.2, 0) is 4.79 Å². The van der Waals surface area contributed by atoms with E-state index >= 15 is 0 Å². The summed E-state index contributed by atoms with van der Waals surface area (Å²) in [4.78, 5) is 16.8. The van der Waals surface area contributed by atoms with Crippen molar-refractivity contribution in [2.24, 2.45) is 0 Å². The monoisotopic (exact) mass is 343 g/mol. The first-order chi connectivity index (χ1) is 11.8. The normalized spacial score (nSPS) is 20.8. The third kappa shape index (κ3) is 3.79. The van der Waals surface area contributed by atoms with Crippen molar-refractivity contribution in [3.05, 3.63) is 30.1 Å². The van der Waals surface area contributed by atoms with Gasteiger partial charge in [-0.1, -0.05) is 12.1 Å². The number of aromatic amines is 1. The minimum absolute atomic E-state index is 0.0424. The summed E-state index contributed by atoms with van der Waals surface area (Å²) in [6.45, 7) is 0.978. The average Bonchev–Trinajstić information content (AvgIpc) is 3.33. The minimum Gasteiger partial charge on any atom is -0.326 e. The van der Waals surface area contributed by atoms with Gasteiger partial charge in [0, 0.05) is 47.7 Å². The van der Waals surface area contributed by atoms with Gasteiger partial charge < -0.3 is 10.6 Å². The second kappa shape index (κ2) is 6.94. The zero-order chi connectivity index (χ0) is 16.4. The first kappa shape index (κ1) is 15.7. The molecular formula is C17H21N5OS. The molecule has 0 radical (unpaired) electrons. The second-order valence-corrected chi connectivity index (χ2v) is 7.53. The standard InChI is InChI=1S/C17H21N5OS/c23-15(9-14-10-24-7-6-18-14)19-13-3-1-2-12(8-13)17-20-16(21-22-17)11-4-5-11/h1-3,8,11,14,18H,4-7,9-10H2,(H,19,23)(H,20,21,22). The van der Waals surface area contributed by atoms with Crippen molar-refractivity contribution in [2.75, 3.05) is 23.4 Å². The maximum absolute atomic E-state index is 12.2. The summed E-state index contributed by atoms with van der Waals surface area (Å²) in [5.41, 5.74) is 1.71. The van der Waals surface area contributed by atoms with Crippen LogP contribution in [0.1, 0.15) is 31.0 Å². The SMILES string of the molecule is O=C(CC1CSCCN1)Nc1cccc(-c2n[nH]c(C3CC3)n2)c1. The molecule has 1 unspecified atom stereocenters. The van der Waals surface area contributed by atoms with Gasteiger partial charge in [0.25, 0.3) is 0 Å². The molecule has 6 nitrogen and oxygen atoms in total. The Morgan fingerprint density at radius 1 is 1.38 bits per heavy atom. The number of nitrogens with one attached hydrogen (secondary N) is 3. The van der Waals surface area contributed by atoms with Gasteiger partial charge in [-0.25, -0.2) is 4.98 Å². The van der Waals surface area contributed by atoms with E-state index in [2.05, 4.69) is 25.8 Å². The number of H-pyrrole nitrogens is 1. The van der Waals surface area contributed by atoms with Crippen molar-refractivity contribution >= 4 is 23.4 Å². The van der Waals surface area contributed by atoms with Crippen molar-refractivity contribution in [3.63, 3.8) is 0 Å². The molecule has 0 spiro atoms. The summed E-state index contributed by atoms with van der Waals surface area (Å²) in [6.07, 6.45) is 2.89. The molecule has 1 aliphatic heterocycles. The van der Waals surface area contributed by atoms with Crippen LogP contribution in [0.15, 0.2) is 24.3 Å². The van der Waals surface area contributed by atoms with Crippen molar-refractivity contribution in [3.8, 4) is 11.4 Å². The van der Waals surface area contributed by atoms with Gasteiger partial charge in [0.15, 0.2) is 5.82 Å². The lowest BCUT2D eigenvalue weighted by Crippen LogP contribution is -2.39. The Balaban J connectivity index is 1.40. The molecule has 2 heterocycles. The number of anilines is 1. The molecule has 2 aliphatic rings. The van der Waals surface area contributed by atoms with E-state index < -0.39 is 0 Å². The topological polar surface area (TPSA) is 82.7 Å². The van der Waals surface area contributed by atoms with Gasteiger partial charge in [0.1, 0.15) is 5.82 Å². The van der Waals surface area contributed by atoms with Gasteiger partial charge in [-0.2, -0.15) is 16.9 Å². The predicted octanol–water partition coefficient (Wildman–Crippen LogP) is 2.38. The number of rotatable bonds is 5. The molecule has 126 valence electrons.